The highest BCUT2D eigenvalue weighted by atomic mass is 16.5. The summed E-state index contributed by atoms with van der Waals surface area (Å²) in [6.07, 6.45) is 1.15. The Bertz CT molecular complexity index is 207. The fourth-order valence-electron chi connectivity index (χ4n) is 2.73. The quantitative estimate of drug-likeness (QED) is 0.736. The standard InChI is InChI=1S/C12H24N2O2/c1-11-12(10-15)2-3-14(11)5-4-13-6-8-16-9-7-13/h11-12,15H,2-10H2,1H3. The van der Waals surface area contributed by atoms with Crippen molar-refractivity contribution in [2.24, 2.45) is 5.92 Å². The monoisotopic (exact) mass is 228 g/mol. The van der Waals surface area contributed by atoms with Crippen LogP contribution in [0.3, 0.4) is 0 Å². The van der Waals surface area contributed by atoms with Gasteiger partial charge in [-0.05, 0) is 25.8 Å². The number of rotatable bonds is 4. The van der Waals surface area contributed by atoms with Crippen molar-refractivity contribution in [2.75, 3.05) is 52.5 Å². The van der Waals surface area contributed by atoms with Crippen molar-refractivity contribution in [3.8, 4) is 0 Å². The second-order valence-corrected chi connectivity index (χ2v) is 4.96. The average Bonchev–Trinajstić information content (AvgIpc) is 2.69. The molecule has 0 aliphatic carbocycles. The third-order valence-electron chi connectivity index (χ3n) is 4.09. The first-order valence-corrected chi connectivity index (χ1v) is 6.46. The van der Waals surface area contributed by atoms with Gasteiger partial charge in [-0.2, -0.15) is 0 Å². The van der Waals surface area contributed by atoms with E-state index in [9.17, 15) is 5.11 Å². The van der Waals surface area contributed by atoms with Crippen molar-refractivity contribution in [2.45, 2.75) is 19.4 Å². The molecule has 2 saturated heterocycles. The zero-order valence-corrected chi connectivity index (χ0v) is 10.3. The molecule has 16 heavy (non-hydrogen) atoms. The summed E-state index contributed by atoms with van der Waals surface area (Å²) in [5, 5.41) is 9.22. The highest BCUT2D eigenvalue weighted by Gasteiger charge is 2.29. The van der Waals surface area contributed by atoms with Gasteiger partial charge in [0.15, 0.2) is 0 Å². The molecule has 2 fully saturated rings. The minimum absolute atomic E-state index is 0.342. The van der Waals surface area contributed by atoms with Gasteiger partial charge in [-0.25, -0.2) is 0 Å². The van der Waals surface area contributed by atoms with Crippen molar-refractivity contribution >= 4 is 0 Å². The number of ether oxygens (including phenoxy) is 1. The number of hydrogen-bond donors (Lipinski definition) is 1. The number of hydrogen-bond acceptors (Lipinski definition) is 4. The van der Waals surface area contributed by atoms with Gasteiger partial charge in [0.05, 0.1) is 13.2 Å². The minimum Gasteiger partial charge on any atom is -0.396 e. The van der Waals surface area contributed by atoms with Crippen LogP contribution in [0.25, 0.3) is 0 Å². The van der Waals surface area contributed by atoms with Crippen LogP contribution >= 0.6 is 0 Å². The van der Waals surface area contributed by atoms with E-state index in [0.717, 1.165) is 52.4 Å². The molecule has 0 aromatic carbocycles. The maximum absolute atomic E-state index is 9.22. The summed E-state index contributed by atoms with van der Waals surface area (Å²) in [6, 6.07) is 0.547. The van der Waals surface area contributed by atoms with Crippen molar-refractivity contribution in [3.05, 3.63) is 0 Å². The van der Waals surface area contributed by atoms with Crippen LogP contribution in [-0.2, 0) is 4.74 Å². The Labute approximate surface area is 98.2 Å². The molecule has 2 aliphatic heterocycles. The van der Waals surface area contributed by atoms with Gasteiger partial charge in [0.25, 0.3) is 0 Å². The van der Waals surface area contributed by atoms with Crippen LogP contribution in [0, 0.1) is 5.92 Å². The first-order valence-electron chi connectivity index (χ1n) is 6.46. The van der Waals surface area contributed by atoms with Crippen LogP contribution in [0.1, 0.15) is 13.3 Å². The lowest BCUT2D eigenvalue weighted by molar-refractivity contribution is 0.0322. The largest absolute Gasteiger partial charge is 0.396 e. The van der Waals surface area contributed by atoms with E-state index in [0.29, 0.717) is 18.6 Å². The van der Waals surface area contributed by atoms with Gasteiger partial charge in [-0.15, -0.1) is 0 Å². The van der Waals surface area contributed by atoms with Gasteiger partial charge in [0.2, 0.25) is 0 Å². The summed E-state index contributed by atoms with van der Waals surface area (Å²) >= 11 is 0. The van der Waals surface area contributed by atoms with Crippen molar-refractivity contribution < 1.29 is 9.84 Å². The molecule has 0 bridgehead atoms. The first kappa shape index (κ1) is 12.3. The Kier molecular flexibility index (Phi) is 4.58. The molecule has 0 amide bonds. The molecule has 0 aromatic rings. The number of nitrogens with zero attached hydrogens (tertiary/aromatic N) is 2. The van der Waals surface area contributed by atoms with E-state index in [1.54, 1.807) is 0 Å². The van der Waals surface area contributed by atoms with Crippen LogP contribution in [0.2, 0.25) is 0 Å². The van der Waals surface area contributed by atoms with E-state index in [1.807, 2.05) is 0 Å². The molecule has 2 aliphatic rings. The lowest BCUT2D eigenvalue weighted by Crippen LogP contribution is -2.42. The second kappa shape index (κ2) is 5.96. The summed E-state index contributed by atoms with van der Waals surface area (Å²) in [5.74, 6) is 0.490. The second-order valence-electron chi connectivity index (χ2n) is 4.96. The third kappa shape index (κ3) is 2.94. The lowest BCUT2D eigenvalue weighted by atomic mass is 10.0. The van der Waals surface area contributed by atoms with E-state index in [1.165, 1.54) is 0 Å². The molecule has 2 rings (SSSR count). The molecule has 0 aromatic heterocycles. The van der Waals surface area contributed by atoms with E-state index in [4.69, 9.17) is 4.74 Å². The third-order valence-corrected chi connectivity index (χ3v) is 4.09. The fourth-order valence-corrected chi connectivity index (χ4v) is 2.73. The van der Waals surface area contributed by atoms with Crippen molar-refractivity contribution in [3.63, 3.8) is 0 Å². The summed E-state index contributed by atoms with van der Waals surface area (Å²) in [4.78, 5) is 4.98. The van der Waals surface area contributed by atoms with Crippen LogP contribution in [0.4, 0.5) is 0 Å². The Hall–Kier alpha value is -0.160. The molecular formula is C12H24N2O2. The number of morpholine rings is 1. The van der Waals surface area contributed by atoms with E-state index in [2.05, 4.69) is 16.7 Å². The van der Waals surface area contributed by atoms with Gasteiger partial charge < -0.3 is 9.84 Å². The minimum atomic E-state index is 0.342. The molecule has 94 valence electrons. The molecule has 2 unspecified atom stereocenters. The van der Waals surface area contributed by atoms with Crippen LogP contribution in [0.15, 0.2) is 0 Å². The predicted molar refractivity (Wildman–Crippen MR) is 63.5 cm³/mol. The highest BCUT2D eigenvalue weighted by Crippen LogP contribution is 2.22. The highest BCUT2D eigenvalue weighted by molar-refractivity contribution is 4.83. The van der Waals surface area contributed by atoms with Crippen LogP contribution in [0.5, 0.6) is 0 Å². The maximum atomic E-state index is 9.22. The Morgan fingerprint density at radius 1 is 1.19 bits per heavy atom. The summed E-state index contributed by atoms with van der Waals surface area (Å²) in [7, 11) is 0. The van der Waals surface area contributed by atoms with Crippen molar-refractivity contribution in [1.82, 2.24) is 9.80 Å². The van der Waals surface area contributed by atoms with Gasteiger partial charge in [-0.3, -0.25) is 9.80 Å². The summed E-state index contributed by atoms with van der Waals surface area (Å²) < 4.78 is 5.34. The predicted octanol–water partition coefficient (Wildman–Crippen LogP) is 0.0213. The van der Waals surface area contributed by atoms with E-state index in [-0.39, 0.29) is 0 Å². The molecular weight excluding hydrogens is 204 g/mol. The van der Waals surface area contributed by atoms with Gasteiger partial charge >= 0.3 is 0 Å². The first-order chi connectivity index (χ1) is 7.81. The molecule has 4 heteroatoms. The maximum Gasteiger partial charge on any atom is 0.0594 e. The molecule has 4 nitrogen and oxygen atoms in total. The van der Waals surface area contributed by atoms with Crippen LogP contribution in [-0.4, -0.2) is 73.5 Å². The van der Waals surface area contributed by atoms with E-state index >= 15 is 0 Å². The Morgan fingerprint density at radius 3 is 2.56 bits per heavy atom. The molecule has 0 spiro atoms. The molecule has 0 radical (unpaired) electrons. The molecule has 1 N–H and O–H groups in total. The smallest absolute Gasteiger partial charge is 0.0594 e. The topological polar surface area (TPSA) is 35.9 Å². The lowest BCUT2D eigenvalue weighted by Gasteiger charge is -2.30. The molecule has 0 saturated carbocycles. The Balaban J connectivity index is 1.69. The zero-order valence-electron chi connectivity index (χ0n) is 10.3. The number of likely N-dealkylation sites (tertiary alicyclic amines) is 1. The van der Waals surface area contributed by atoms with Gasteiger partial charge in [-0.1, -0.05) is 0 Å². The van der Waals surface area contributed by atoms with Gasteiger partial charge in [0, 0.05) is 38.8 Å². The molecule has 2 atom stereocenters. The summed E-state index contributed by atoms with van der Waals surface area (Å²) in [5.41, 5.74) is 0. The van der Waals surface area contributed by atoms with Gasteiger partial charge in [0.1, 0.15) is 0 Å². The Morgan fingerprint density at radius 2 is 1.94 bits per heavy atom. The van der Waals surface area contributed by atoms with Crippen LogP contribution < -0.4 is 0 Å². The zero-order chi connectivity index (χ0) is 11.4. The average molecular weight is 228 g/mol. The fraction of sp³-hybridized carbons (Fsp3) is 1.00. The van der Waals surface area contributed by atoms with E-state index < -0.39 is 0 Å². The van der Waals surface area contributed by atoms with Crippen molar-refractivity contribution in [1.29, 1.82) is 0 Å². The SMILES string of the molecule is CC1C(CO)CCN1CCN1CCOCC1. The number of aliphatic hydroxyl groups excluding tert-OH is 1. The number of aliphatic hydroxyl groups is 1. The molecule has 2 heterocycles. The normalized spacial score (nSPS) is 33.4. The summed E-state index contributed by atoms with van der Waals surface area (Å²) in [6.45, 7) is 9.93.